The van der Waals surface area contributed by atoms with Crippen LogP contribution in [0.4, 0.5) is 0 Å². The monoisotopic (exact) mass is 329 g/mol. The maximum atomic E-state index is 12.5. The van der Waals surface area contributed by atoms with Crippen molar-refractivity contribution < 1.29 is 4.79 Å². The zero-order valence-electron chi connectivity index (χ0n) is 14.4. The third-order valence-electron chi connectivity index (χ3n) is 3.49. The Hall–Kier alpha value is -2.70. The summed E-state index contributed by atoms with van der Waals surface area (Å²) in [7, 11) is 0. The molecule has 2 aromatic rings. The Morgan fingerprint density at radius 2 is 2.12 bits per heavy atom. The maximum absolute atomic E-state index is 12.5. The lowest BCUT2D eigenvalue weighted by atomic mass is 10.2. The SMILES string of the molecule is C=CCNC(=O)Cn1c(-n2nc(C)cc2C)nc(CCC)cc1=O. The summed E-state index contributed by atoms with van der Waals surface area (Å²) < 4.78 is 2.95. The molecule has 0 saturated heterocycles. The fourth-order valence-corrected chi connectivity index (χ4v) is 2.45. The van der Waals surface area contributed by atoms with Crippen LogP contribution in [0.25, 0.3) is 5.95 Å². The summed E-state index contributed by atoms with van der Waals surface area (Å²) in [5.74, 6) is 0.0927. The lowest BCUT2D eigenvalue weighted by Crippen LogP contribution is -2.35. The second kappa shape index (κ2) is 7.72. The van der Waals surface area contributed by atoms with Crippen LogP contribution in [0.3, 0.4) is 0 Å². The maximum Gasteiger partial charge on any atom is 0.255 e. The lowest BCUT2D eigenvalue weighted by Gasteiger charge is -2.14. The summed E-state index contributed by atoms with van der Waals surface area (Å²) in [6.07, 6.45) is 3.17. The third-order valence-corrected chi connectivity index (χ3v) is 3.49. The standard InChI is InChI=1S/C17H23N5O2/c1-5-7-14-10-16(24)21(11-15(23)18-8-6-2)17(19-14)22-13(4)9-12(3)20-22/h6,9-10H,2,5,7-8,11H2,1,3-4H3,(H,18,23). The molecule has 0 fully saturated rings. The van der Waals surface area contributed by atoms with E-state index in [-0.39, 0.29) is 18.0 Å². The average Bonchev–Trinajstić information content (AvgIpc) is 2.86. The molecule has 7 heteroatoms. The highest BCUT2D eigenvalue weighted by Crippen LogP contribution is 2.10. The van der Waals surface area contributed by atoms with Crippen molar-refractivity contribution >= 4 is 5.91 Å². The fourth-order valence-electron chi connectivity index (χ4n) is 2.45. The van der Waals surface area contributed by atoms with Crippen LogP contribution in [-0.4, -0.2) is 31.8 Å². The van der Waals surface area contributed by atoms with Gasteiger partial charge >= 0.3 is 0 Å². The molecule has 0 unspecified atom stereocenters. The quantitative estimate of drug-likeness (QED) is 0.776. The van der Waals surface area contributed by atoms with Gasteiger partial charge in [0.1, 0.15) is 6.54 Å². The number of nitrogens with one attached hydrogen (secondary N) is 1. The van der Waals surface area contributed by atoms with Gasteiger partial charge in [0.2, 0.25) is 11.9 Å². The molecule has 1 N–H and O–H groups in total. The first-order valence-corrected chi connectivity index (χ1v) is 7.98. The Bertz CT molecular complexity index is 804. The van der Waals surface area contributed by atoms with E-state index in [0.717, 1.165) is 17.8 Å². The second-order valence-corrected chi connectivity index (χ2v) is 5.65. The predicted molar refractivity (Wildman–Crippen MR) is 92.3 cm³/mol. The molecule has 0 aliphatic carbocycles. The van der Waals surface area contributed by atoms with E-state index in [2.05, 4.69) is 22.0 Å². The lowest BCUT2D eigenvalue weighted by molar-refractivity contribution is -0.121. The van der Waals surface area contributed by atoms with Crippen LogP contribution >= 0.6 is 0 Å². The first-order valence-electron chi connectivity index (χ1n) is 7.98. The summed E-state index contributed by atoms with van der Waals surface area (Å²) in [4.78, 5) is 29.1. The van der Waals surface area contributed by atoms with Gasteiger partial charge in [-0.3, -0.25) is 14.2 Å². The molecule has 2 rings (SSSR count). The molecule has 2 aromatic heterocycles. The zero-order chi connectivity index (χ0) is 17.7. The summed E-state index contributed by atoms with van der Waals surface area (Å²) in [6, 6.07) is 3.39. The van der Waals surface area contributed by atoms with Gasteiger partial charge < -0.3 is 5.32 Å². The highest BCUT2D eigenvalue weighted by molar-refractivity contribution is 5.76. The van der Waals surface area contributed by atoms with Gasteiger partial charge in [-0.2, -0.15) is 5.10 Å². The minimum absolute atomic E-state index is 0.111. The van der Waals surface area contributed by atoms with E-state index in [1.807, 2.05) is 26.8 Å². The van der Waals surface area contributed by atoms with Gasteiger partial charge in [-0.15, -0.1) is 6.58 Å². The number of aromatic nitrogens is 4. The summed E-state index contributed by atoms with van der Waals surface area (Å²) in [6.45, 7) is 9.59. The number of hydrogen-bond acceptors (Lipinski definition) is 4. The number of nitrogens with zero attached hydrogens (tertiary/aromatic N) is 4. The van der Waals surface area contributed by atoms with Crippen LogP contribution in [0.15, 0.2) is 29.6 Å². The van der Waals surface area contributed by atoms with Gasteiger partial charge in [0.05, 0.1) is 5.69 Å². The minimum atomic E-state index is -0.273. The van der Waals surface area contributed by atoms with Crippen molar-refractivity contribution in [2.75, 3.05) is 6.54 Å². The molecular formula is C17H23N5O2. The summed E-state index contributed by atoms with van der Waals surface area (Å²) in [5.41, 5.74) is 2.12. The van der Waals surface area contributed by atoms with Crippen LogP contribution in [0.2, 0.25) is 0 Å². The number of hydrogen-bond donors (Lipinski definition) is 1. The Labute approximate surface area is 141 Å². The van der Waals surface area contributed by atoms with Gasteiger partial charge in [0.15, 0.2) is 0 Å². The molecule has 7 nitrogen and oxygen atoms in total. The zero-order valence-corrected chi connectivity index (χ0v) is 14.4. The summed E-state index contributed by atoms with van der Waals surface area (Å²) in [5, 5.41) is 7.07. The second-order valence-electron chi connectivity index (χ2n) is 5.65. The number of carbonyl (C=O) groups is 1. The first kappa shape index (κ1) is 17.7. The average molecular weight is 329 g/mol. The molecule has 0 bridgehead atoms. The molecule has 0 spiro atoms. The van der Waals surface area contributed by atoms with Crippen molar-refractivity contribution in [1.29, 1.82) is 0 Å². The van der Waals surface area contributed by atoms with Crippen molar-refractivity contribution in [1.82, 2.24) is 24.6 Å². The Morgan fingerprint density at radius 1 is 1.38 bits per heavy atom. The van der Waals surface area contributed by atoms with Gasteiger partial charge in [-0.25, -0.2) is 9.67 Å². The van der Waals surface area contributed by atoms with Crippen LogP contribution < -0.4 is 10.9 Å². The van der Waals surface area contributed by atoms with Crippen molar-refractivity contribution in [2.24, 2.45) is 0 Å². The van der Waals surface area contributed by atoms with Gasteiger partial charge in [0, 0.05) is 24.0 Å². The topological polar surface area (TPSA) is 81.8 Å². The van der Waals surface area contributed by atoms with Crippen LogP contribution in [0, 0.1) is 13.8 Å². The molecule has 0 saturated carbocycles. The Balaban J connectivity index is 2.51. The molecule has 0 atom stereocenters. The molecule has 2 heterocycles. The number of amides is 1. The molecule has 0 radical (unpaired) electrons. The van der Waals surface area contributed by atoms with E-state index < -0.39 is 0 Å². The molecule has 0 aliphatic rings. The van der Waals surface area contributed by atoms with Crippen LogP contribution in [0.5, 0.6) is 0 Å². The van der Waals surface area contributed by atoms with Crippen molar-refractivity contribution in [3.63, 3.8) is 0 Å². The third kappa shape index (κ3) is 3.98. The van der Waals surface area contributed by atoms with Crippen molar-refractivity contribution in [3.8, 4) is 5.95 Å². The number of aryl methyl sites for hydroxylation is 3. The molecule has 1 amide bonds. The normalized spacial score (nSPS) is 10.6. The van der Waals surface area contributed by atoms with Gasteiger partial charge in [-0.1, -0.05) is 19.4 Å². The molecule has 0 aliphatic heterocycles. The van der Waals surface area contributed by atoms with E-state index in [1.165, 1.54) is 10.6 Å². The van der Waals surface area contributed by atoms with E-state index in [9.17, 15) is 9.59 Å². The van der Waals surface area contributed by atoms with Gasteiger partial charge in [-0.05, 0) is 26.3 Å². The van der Waals surface area contributed by atoms with Crippen molar-refractivity contribution in [3.05, 3.63) is 52.2 Å². The minimum Gasteiger partial charge on any atom is -0.351 e. The van der Waals surface area contributed by atoms with Crippen LogP contribution in [-0.2, 0) is 17.8 Å². The summed E-state index contributed by atoms with van der Waals surface area (Å²) >= 11 is 0. The van der Waals surface area contributed by atoms with Crippen molar-refractivity contribution in [2.45, 2.75) is 40.2 Å². The van der Waals surface area contributed by atoms with E-state index in [4.69, 9.17) is 0 Å². The highest BCUT2D eigenvalue weighted by Gasteiger charge is 2.16. The van der Waals surface area contributed by atoms with E-state index >= 15 is 0 Å². The highest BCUT2D eigenvalue weighted by atomic mass is 16.2. The number of rotatable bonds is 7. The predicted octanol–water partition coefficient (Wildman–Crippen LogP) is 1.30. The largest absolute Gasteiger partial charge is 0.351 e. The Kier molecular flexibility index (Phi) is 5.68. The molecule has 24 heavy (non-hydrogen) atoms. The molecule has 128 valence electrons. The number of carbonyl (C=O) groups excluding carboxylic acids is 1. The molecule has 0 aromatic carbocycles. The molecular weight excluding hydrogens is 306 g/mol. The fraction of sp³-hybridized carbons (Fsp3) is 0.412. The first-order chi connectivity index (χ1) is 11.5. The van der Waals surface area contributed by atoms with E-state index in [0.29, 0.717) is 24.6 Å². The van der Waals surface area contributed by atoms with E-state index in [1.54, 1.807) is 10.8 Å². The Morgan fingerprint density at radius 3 is 2.71 bits per heavy atom. The van der Waals surface area contributed by atoms with Crippen LogP contribution in [0.1, 0.15) is 30.4 Å². The van der Waals surface area contributed by atoms with Gasteiger partial charge in [0.25, 0.3) is 5.56 Å². The smallest absolute Gasteiger partial charge is 0.255 e.